The van der Waals surface area contributed by atoms with Crippen molar-refractivity contribution in [3.8, 4) is 0 Å². The highest BCUT2D eigenvalue weighted by atomic mass is 16.2. The van der Waals surface area contributed by atoms with Crippen LogP contribution >= 0.6 is 0 Å². The SMILES string of the molecule is Cc1ccc(C(=O)N2CCC(Cc3nc4cccnc4n3C)C2)cn1. The number of pyridine rings is 2. The molecule has 0 aromatic carbocycles. The minimum atomic E-state index is 0.0710. The predicted octanol–water partition coefficient (Wildman–Crippen LogP) is 2.38. The molecule has 0 saturated carbocycles. The highest BCUT2D eigenvalue weighted by Crippen LogP contribution is 2.23. The largest absolute Gasteiger partial charge is 0.338 e. The van der Waals surface area contributed by atoms with Crippen LogP contribution in [-0.2, 0) is 13.5 Å². The number of aryl methyl sites for hydroxylation is 2. The molecule has 1 atom stereocenters. The Hall–Kier alpha value is -2.76. The fourth-order valence-electron chi connectivity index (χ4n) is 3.47. The molecule has 1 amide bonds. The normalized spacial score (nSPS) is 17.4. The van der Waals surface area contributed by atoms with Crippen molar-refractivity contribution in [3.63, 3.8) is 0 Å². The van der Waals surface area contributed by atoms with E-state index in [2.05, 4.69) is 14.5 Å². The molecule has 0 spiro atoms. The number of rotatable bonds is 3. The van der Waals surface area contributed by atoms with E-state index >= 15 is 0 Å². The summed E-state index contributed by atoms with van der Waals surface area (Å²) >= 11 is 0. The van der Waals surface area contributed by atoms with Crippen molar-refractivity contribution in [2.75, 3.05) is 13.1 Å². The van der Waals surface area contributed by atoms with E-state index in [9.17, 15) is 4.79 Å². The van der Waals surface area contributed by atoms with Crippen LogP contribution in [0, 0.1) is 12.8 Å². The maximum atomic E-state index is 12.6. The number of amides is 1. The average molecular weight is 335 g/mol. The van der Waals surface area contributed by atoms with E-state index in [-0.39, 0.29) is 5.91 Å². The van der Waals surface area contributed by atoms with Crippen LogP contribution < -0.4 is 0 Å². The fourth-order valence-corrected chi connectivity index (χ4v) is 3.47. The van der Waals surface area contributed by atoms with Crippen LogP contribution in [0.25, 0.3) is 11.2 Å². The molecule has 3 aromatic heterocycles. The smallest absolute Gasteiger partial charge is 0.255 e. The molecule has 4 heterocycles. The molecule has 0 aliphatic carbocycles. The summed E-state index contributed by atoms with van der Waals surface area (Å²) in [6.45, 7) is 3.48. The van der Waals surface area contributed by atoms with E-state index in [1.165, 1.54) is 0 Å². The van der Waals surface area contributed by atoms with Gasteiger partial charge in [0.2, 0.25) is 0 Å². The first-order chi connectivity index (χ1) is 12.1. The number of carbonyl (C=O) groups excluding carboxylic acids is 1. The number of hydrogen-bond donors (Lipinski definition) is 0. The maximum Gasteiger partial charge on any atom is 0.255 e. The molecule has 0 N–H and O–H groups in total. The molecule has 6 nitrogen and oxygen atoms in total. The number of likely N-dealkylation sites (tertiary alicyclic amines) is 1. The maximum absolute atomic E-state index is 12.6. The Bertz CT molecular complexity index is 915. The van der Waals surface area contributed by atoms with Crippen molar-refractivity contribution >= 4 is 17.1 Å². The molecule has 128 valence electrons. The second kappa shape index (κ2) is 6.27. The lowest BCUT2D eigenvalue weighted by Gasteiger charge is -2.16. The van der Waals surface area contributed by atoms with Crippen molar-refractivity contribution < 1.29 is 4.79 Å². The van der Waals surface area contributed by atoms with Gasteiger partial charge in [-0.05, 0) is 43.5 Å². The highest BCUT2D eigenvalue weighted by Gasteiger charge is 2.28. The summed E-state index contributed by atoms with van der Waals surface area (Å²) in [6.07, 6.45) is 5.33. The van der Waals surface area contributed by atoms with Crippen LogP contribution in [0.2, 0.25) is 0 Å². The van der Waals surface area contributed by atoms with E-state index in [0.29, 0.717) is 11.5 Å². The monoisotopic (exact) mass is 335 g/mol. The zero-order chi connectivity index (χ0) is 17.4. The Labute approximate surface area is 146 Å². The number of fused-ring (bicyclic) bond motifs is 1. The first-order valence-corrected chi connectivity index (χ1v) is 8.60. The minimum Gasteiger partial charge on any atom is -0.338 e. The Kier molecular flexibility index (Phi) is 3.95. The average Bonchev–Trinajstić information content (AvgIpc) is 3.21. The number of hydrogen-bond acceptors (Lipinski definition) is 4. The van der Waals surface area contributed by atoms with E-state index in [1.807, 2.05) is 43.1 Å². The molecular formula is C19H21N5O. The van der Waals surface area contributed by atoms with Gasteiger partial charge in [-0.25, -0.2) is 9.97 Å². The molecule has 1 unspecified atom stereocenters. The van der Waals surface area contributed by atoms with Crippen molar-refractivity contribution in [2.45, 2.75) is 19.8 Å². The van der Waals surface area contributed by atoms with Gasteiger partial charge in [-0.3, -0.25) is 9.78 Å². The van der Waals surface area contributed by atoms with Crippen molar-refractivity contribution in [1.29, 1.82) is 0 Å². The van der Waals surface area contributed by atoms with Gasteiger partial charge in [0, 0.05) is 44.6 Å². The lowest BCUT2D eigenvalue weighted by Crippen LogP contribution is -2.29. The molecule has 4 rings (SSSR count). The third-order valence-corrected chi connectivity index (χ3v) is 4.92. The fraction of sp³-hybridized carbons (Fsp3) is 0.368. The summed E-state index contributed by atoms with van der Waals surface area (Å²) in [7, 11) is 2.01. The Morgan fingerprint density at radius 3 is 2.92 bits per heavy atom. The van der Waals surface area contributed by atoms with Crippen LogP contribution in [0.15, 0.2) is 36.7 Å². The van der Waals surface area contributed by atoms with E-state index in [1.54, 1.807) is 12.4 Å². The van der Waals surface area contributed by atoms with Crippen LogP contribution in [0.4, 0.5) is 0 Å². The number of aromatic nitrogens is 4. The second-order valence-corrected chi connectivity index (χ2v) is 6.73. The van der Waals surface area contributed by atoms with Crippen molar-refractivity contribution in [3.05, 3.63) is 53.7 Å². The van der Waals surface area contributed by atoms with Crippen LogP contribution in [0.5, 0.6) is 0 Å². The van der Waals surface area contributed by atoms with Crippen molar-refractivity contribution in [2.24, 2.45) is 13.0 Å². The predicted molar refractivity (Wildman–Crippen MR) is 95.2 cm³/mol. The Balaban J connectivity index is 1.46. The third kappa shape index (κ3) is 2.99. The summed E-state index contributed by atoms with van der Waals surface area (Å²) < 4.78 is 2.06. The third-order valence-electron chi connectivity index (χ3n) is 4.92. The molecule has 6 heteroatoms. The lowest BCUT2D eigenvalue weighted by molar-refractivity contribution is 0.0786. The van der Waals surface area contributed by atoms with Gasteiger partial charge in [0.1, 0.15) is 11.3 Å². The summed E-state index contributed by atoms with van der Waals surface area (Å²) in [4.78, 5) is 27.9. The topological polar surface area (TPSA) is 63.9 Å². The zero-order valence-corrected chi connectivity index (χ0v) is 14.5. The van der Waals surface area contributed by atoms with E-state index in [0.717, 1.165) is 48.6 Å². The molecule has 1 fully saturated rings. The number of nitrogens with zero attached hydrogens (tertiary/aromatic N) is 5. The van der Waals surface area contributed by atoms with Gasteiger partial charge in [0.05, 0.1) is 5.56 Å². The molecule has 0 bridgehead atoms. The molecule has 1 saturated heterocycles. The van der Waals surface area contributed by atoms with Gasteiger partial charge in [-0.2, -0.15) is 0 Å². The molecule has 1 aliphatic rings. The minimum absolute atomic E-state index is 0.0710. The molecule has 3 aromatic rings. The summed E-state index contributed by atoms with van der Waals surface area (Å²) in [5.41, 5.74) is 3.43. The van der Waals surface area contributed by atoms with E-state index in [4.69, 9.17) is 4.98 Å². The van der Waals surface area contributed by atoms with Gasteiger partial charge >= 0.3 is 0 Å². The van der Waals surface area contributed by atoms with Gasteiger partial charge in [-0.15, -0.1) is 0 Å². The zero-order valence-electron chi connectivity index (χ0n) is 14.5. The molecule has 25 heavy (non-hydrogen) atoms. The quantitative estimate of drug-likeness (QED) is 0.737. The van der Waals surface area contributed by atoms with Gasteiger partial charge < -0.3 is 9.47 Å². The summed E-state index contributed by atoms with van der Waals surface area (Å²) in [6, 6.07) is 7.63. The summed E-state index contributed by atoms with van der Waals surface area (Å²) in [5, 5.41) is 0. The standard InChI is InChI=1S/C19H21N5O/c1-13-5-6-15(11-21-13)19(25)24-9-7-14(12-24)10-17-22-16-4-3-8-20-18(16)23(17)2/h3-6,8,11,14H,7,9-10,12H2,1-2H3. The van der Waals surface area contributed by atoms with Crippen LogP contribution in [-0.4, -0.2) is 43.4 Å². The van der Waals surface area contributed by atoms with Gasteiger partial charge in [0.25, 0.3) is 5.91 Å². The summed E-state index contributed by atoms with van der Waals surface area (Å²) in [5.74, 6) is 1.53. The lowest BCUT2D eigenvalue weighted by atomic mass is 10.0. The number of carbonyl (C=O) groups is 1. The van der Waals surface area contributed by atoms with Crippen LogP contribution in [0.1, 0.15) is 28.3 Å². The molecular weight excluding hydrogens is 314 g/mol. The number of imidazole rings is 1. The van der Waals surface area contributed by atoms with E-state index < -0.39 is 0 Å². The highest BCUT2D eigenvalue weighted by molar-refractivity contribution is 5.94. The molecule has 0 radical (unpaired) electrons. The second-order valence-electron chi connectivity index (χ2n) is 6.73. The van der Waals surface area contributed by atoms with Gasteiger partial charge in [0.15, 0.2) is 5.65 Å². The first kappa shape index (κ1) is 15.7. The molecule has 1 aliphatic heterocycles. The first-order valence-electron chi connectivity index (χ1n) is 8.60. The van der Waals surface area contributed by atoms with Crippen LogP contribution in [0.3, 0.4) is 0 Å². The van der Waals surface area contributed by atoms with Crippen molar-refractivity contribution in [1.82, 2.24) is 24.4 Å². The Morgan fingerprint density at radius 2 is 2.16 bits per heavy atom. The Morgan fingerprint density at radius 1 is 1.28 bits per heavy atom. The van der Waals surface area contributed by atoms with Gasteiger partial charge in [-0.1, -0.05) is 0 Å².